The van der Waals surface area contributed by atoms with Gasteiger partial charge in [-0.05, 0) is 65.9 Å². The molecule has 1 aliphatic carbocycles. The molecular formula is C42H33N3O. The molecule has 0 radical (unpaired) electrons. The molecule has 1 aliphatic heterocycles. The van der Waals surface area contributed by atoms with Gasteiger partial charge in [0.05, 0.1) is 45.0 Å². The molecule has 4 heteroatoms. The number of para-hydroxylation sites is 3. The van der Waals surface area contributed by atoms with E-state index in [4.69, 9.17) is 4.74 Å². The van der Waals surface area contributed by atoms with Crippen molar-refractivity contribution in [3.8, 4) is 23.2 Å². The van der Waals surface area contributed by atoms with E-state index >= 15 is 0 Å². The highest BCUT2D eigenvalue weighted by molar-refractivity contribution is 6.13. The number of ether oxygens (including phenoxy) is 1. The molecule has 0 saturated heterocycles. The van der Waals surface area contributed by atoms with E-state index in [0.29, 0.717) is 5.56 Å². The average Bonchev–Trinajstić information content (AvgIpc) is 3.72. The van der Waals surface area contributed by atoms with Crippen LogP contribution in [-0.2, 0) is 5.41 Å². The Morgan fingerprint density at radius 3 is 2.20 bits per heavy atom. The Labute approximate surface area is 268 Å². The Bertz CT molecular complexity index is 2460. The molecule has 2 aromatic heterocycles. The van der Waals surface area contributed by atoms with Gasteiger partial charge in [0.25, 0.3) is 0 Å². The molecule has 0 spiro atoms. The van der Waals surface area contributed by atoms with E-state index in [9.17, 15) is 5.26 Å². The maximum atomic E-state index is 10.1. The number of fused-ring (bicyclic) bond motifs is 11. The zero-order chi connectivity index (χ0) is 31.3. The third-order valence-corrected chi connectivity index (χ3v) is 9.98. The molecule has 0 bridgehead atoms. The van der Waals surface area contributed by atoms with Crippen molar-refractivity contribution in [2.45, 2.75) is 45.1 Å². The summed E-state index contributed by atoms with van der Waals surface area (Å²) in [5.41, 5.74) is 12.0. The second kappa shape index (κ2) is 9.49. The van der Waals surface area contributed by atoms with Crippen molar-refractivity contribution >= 4 is 38.8 Å². The van der Waals surface area contributed by atoms with E-state index in [0.717, 1.165) is 44.8 Å². The predicted octanol–water partition coefficient (Wildman–Crippen LogP) is 10.4. The lowest BCUT2D eigenvalue weighted by Crippen LogP contribution is -2.18. The van der Waals surface area contributed by atoms with Crippen LogP contribution in [0.5, 0.6) is 5.75 Å². The second-order valence-corrected chi connectivity index (χ2v) is 13.7. The fourth-order valence-corrected chi connectivity index (χ4v) is 7.90. The van der Waals surface area contributed by atoms with Gasteiger partial charge in [-0.1, -0.05) is 93.6 Å². The van der Waals surface area contributed by atoms with Gasteiger partial charge in [0, 0.05) is 33.5 Å². The van der Waals surface area contributed by atoms with E-state index in [2.05, 4.69) is 151 Å². The second-order valence-electron chi connectivity index (χ2n) is 13.7. The number of benzene rings is 5. The highest BCUT2D eigenvalue weighted by Crippen LogP contribution is 2.56. The minimum absolute atomic E-state index is 0.0970. The molecule has 5 aromatic carbocycles. The van der Waals surface area contributed by atoms with E-state index < -0.39 is 0 Å². The standard InChI is InChI=1S/C42H33N3O/c1-25-22-32(42(2,3)4)37(23-26(25)24-43)45-34-17-11-9-15-31(34)39-36(45)21-19-29-28-18-20-35-38(40(28)46-41(29)39)30-14-8-10-16-33(30)44(35)27-12-6-5-7-13-27/h5-23,29,41H,1-4H3. The Morgan fingerprint density at radius 2 is 1.46 bits per heavy atom. The summed E-state index contributed by atoms with van der Waals surface area (Å²) >= 11 is 0. The van der Waals surface area contributed by atoms with Crippen molar-refractivity contribution in [1.82, 2.24) is 9.13 Å². The molecule has 2 unspecified atom stereocenters. The average molecular weight is 596 g/mol. The molecular weight excluding hydrogens is 562 g/mol. The van der Waals surface area contributed by atoms with Gasteiger partial charge in [0.1, 0.15) is 11.9 Å². The number of nitrogens with zero attached hydrogens (tertiary/aromatic N) is 3. The van der Waals surface area contributed by atoms with Crippen LogP contribution in [0.25, 0.3) is 50.2 Å². The van der Waals surface area contributed by atoms with Gasteiger partial charge in [-0.25, -0.2) is 0 Å². The SMILES string of the molecule is Cc1cc(C(C)(C)C)c(-n2c3c(c4ccccc42)C2Oc4c(ccc5c4c4ccccc4n5-c4ccccc4)C2C=C3)cc1C#N. The van der Waals surface area contributed by atoms with Crippen molar-refractivity contribution in [1.29, 1.82) is 5.26 Å². The molecule has 2 atom stereocenters. The molecule has 0 amide bonds. The molecule has 4 nitrogen and oxygen atoms in total. The summed E-state index contributed by atoms with van der Waals surface area (Å²) in [5, 5.41) is 13.6. The predicted molar refractivity (Wildman–Crippen MR) is 187 cm³/mol. The van der Waals surface area contributed by atoms with Gasteiger partial charge in [-0.3, -0.25) is 0 Å². The number of nitriles is 1. The number of hydrogen-bond donors (Lipinski definition) is 0. The fourth-order valence-electron chi connectivity index (χ4n) is 7.90. The van der Waals surface area contributed by atoms with Crippen LogP contribution in [0.15, 0.2) is 109 Å². The van der Waals surface area contributed by atoms with Crippen molar-refractivity contribution < 1.29 is 4.74 Å². The summed E-state index contributed by atoms with van der Waals surface area (Å²) in [7, 11) is 0. The minimum Gasteiger partial charge on any atom is -0.484 e. The molecule has 3 heterocycles. The topological polar surface area (TPSA) is 42.9 Å². The van der Waals surface area contributed by atoms with Crippen LogP contribution in [0.3, 0.4) is 0 Å². The first-order valence-electron chi connectivity index (χ1n) is 16.0. The van der Waals surface area contributed by atoms with E-state index in [-0.39, 0.29) is 17.4 Å². The summed E-state index contributed by atoms with van der Waals surface area (Å²) in [6.45, 7) is 8.77. The smallest absolute Gasteiger partial charge is 0.137 e. The number of aromatic nitrogens is 2. The lowest BCUT2D eigenvalue weighted by Gasteiger charge is -2.27. The Morgan fingerprint density at radius 1 is 0.761 bits per heavy atom. The summed E-state index contributed by atoms with van der Waals surface area (Å²) in [6, 6.07) is 39.1. The van der Waals surface area contributed by atoms with Crippen LogP contribution in [0.1, 0.15) is 66.3 Å². The van der Waals surface area contributed by atoms with Crippen molar-refractivity contribution in [3.05, 3.63) is 143 Å². The maximum absolute atomic E-state index is 10.1. The first kappa shape index (κ1) is 26.8. The third kappa shape index (κ3) is 3.60. The normalized spacial score (nSPS) is 16.8. The lowest BCUT2D eigenvalue weighted by molar-refractivity contribution is 0.227. The van der Waals surface area contributed by atoms with Gasteiger partial charge in [0.15, 0.2) is 0 Å². The largest absolute Gasteiger partial charge is 0.484 e. The van der Waals surface area contributed by atoms with Crippen LogP contribution >= 0.6 is 0 Å². The van der Waals surface area contributed by atoms with Crippen molar-refractivity contribution in [2.24, 2.45) is 0 Å². The lowest BCUT2D eigenvalue weighted by atomic mass is 9.83. The molecule has 0 N–H and O–H groups in total. The van der Waals surface area contributed by atoms with E-state index in [1.165, 1.54) is 33.0 Å². The van der Waals surface area contributed by atoms with Gasteiger partial charge in [-0.15, -0.1) is 0 Å². The number of aryl methyl sites for hydroxylation is 1. The monoisotopic (exact) mass is 595 g/mol. The van der Waals surface area contributed by atoms with Crippen LogP contribution in [0.4, 0.5) is 0 Å². The van der Waals surface area contributed by atoms with Crippen LogP contribution in [-0.4, -0.2) is 9.13 Å². The van der Waals surface area contributed by atoms with Gasteiger partial charge >= 0.3 is 0 Å². The molecule has 46 heavy (non-hydrogen) atoms. The molecule has 9 rings (SSSR count). The highest BCUT2D eigenvalue weighted by atomic mass is 16.5. The molecule has 0 saturated carbocycles. The first-order chi connectivity index (χ1) is 22.3. The maximum Gasteiger partial charge on any atom is 0.137 e. The van der Waals surface area contributed by atoms with E-state index in [1.807, 2.05) is 6.92 Å². The Balaban J connectivity index is 1.29. The van der Waals surface area contributed by atoms with Crippen LogP contribution < -0.4 is 4.74 Å². The minimum atomic E-state index is -0.162. The number of rotatable bonds is 2. The third-order valence-electron chi connectivity index (χ3n) is 9.98. The van der Waals surface area contributed by atoms with Gasteiger partial charge < -0.3 is 13.9 Å². The van der Waals surface area contributed by atoms with Gasteiger partial charge in [0.2, 0.25) is 0 Å². The molecule has 2 aliphatic rings. The Kier molecular flexibility index (Phi) is 5.53. The number of hydrogen-bond acceptors (Lipinski definition) is 2. The zero-order valence-electron chi connectivity index (χ0n) is 26.4. The summed E-state index contributed by atoms with van der Waals surface area (Å²) < 4.78 is 11.9. The fraction of sp³-hybridized carbons (Fsp3) is 0.167. The van der Waals surface area contributed by atoms with Gasteiger partial charge in [-0.2, -0.15) is 5.26 Å². The zero-order valence-corrected chi connectivity index (χ0v) is 26.4. The quantitative estimate of drug-likeness (QED) is 0.200. The highest BCUT2D eigenvalue weighted by Gasteiger charge is 2.42. The Hall–Kier alpha value is -5.53. The van der Waals surface area contributed by atoms with Crippen molar-refractivity contribution in [3.63, 3.8) is 0 Å². The summed E-state index contributed by atoms with van der Waals surface area (Å²) in [5.74, 6) is 1.07. The molecule has 0 fully saturated rings. The van der Waals surface area contributed by atoms with E-state index in [1.54, 1.807) is 0 Å². The summed E-state index contributed by atoms with van der Waals surface area (Å²) in [4.78, 5) is 0. The first-order valence-corrected chi connectivity index (χ1v) is 16.0. The van der Waals surface area contributed by atoms with Crippen LogP contribution in [0, 0.1) is 18.3 Å². The van der Waals surface area contributed by atoms with Crippen molar-refractivity contribution in [2.75, 3.05) is 0 Å². The molecule has 7 aromatic rings. The van der Waals surface area contributed by atoms with Crippen LogP contribution in [0.2, 0.25) is 0 Å². The molecule has 222 valence electrons. The summed E-state index contributed by atoms with van der Waals surface area (Å²) in [6.07, 6.45) is 4.45.